The quantitative estimate of drug-likeness (QED) is 0.317. The predicted molar refractivity (Wildman–Crippen MR) is 141 cm³/mol. The van der Waals surface area contributed by atoms with E-state index in [2.05, 4.69) is 4.90 Å². The van der Waals surface area contributed by atoms with Crippen LogP contribution in [0.25, 0.3) is 11.0 Å². The van der Waals surface area contributed by atoms with Crippen LogP contribution in [-0.2, 0) is 6.61 Å². The summed E-state index contributed by atoms with van der Waals surface area (Å²) >= 11 is 6.17. The first-order valence-electron chi connectivity index (χ1n) is 11.9. The third-order valence-corrected chi connectivity index (χ3v) is 6.61. The van der Waals surface area contributed by atoms with Crippen molar-refractivity contribution in [2.75, 3.05) is 27.2 Å². The van der Waals surface area contributed by atoms with Gasteiger partial charge in [-0.1, -0.05) is 54.1 Å². The third-order valence-electron chi connectivity index (χ3n) is 6.38. The van der Waals surface area contributed by atoms with Gasteiger partial charge in [0.05, 0.1) is 17.0 Å². The number of ether oxygens (including phenoxy) is 1. The number of hydrogen-bond acceptors (Lipinski definition) is 5. The zero-order valence-corrected chi connectivity index (χ0v) is 21.0. The fourth-order valence-corrected chi connectivity index (χ4v) is 4.79. The number of halogens is 1. The number of rotatable bonds is 8. The Morgan fingerprint density at radius 1 is 1.00 bits per heavy atom. The molecule has 1 unspecified atom stereocenters. The van der Waals surface area contributed by atoms with Gasteiger partial charge in [-0.2, -0.15) is 0 Å². The zero-order chi connectivity index (χ0) is 25.2. The topological polar surface area (TPSA) is 63.0 Å². The molecule has 7 heteroatoms. The summed E-state index contributed by atoms with van der Waals surface area (Å²) in [4.78, 5) is 30.9. The molecule has 0 saturated heterocycles. The van der Waals surface area contributed by atoms with Crippen molar-refractivity contribution in [3.05, 3.63) is 110 Å². The van der Waals surface area contributed by atoms with E-state index in [-0.39, 0.29) is 17.1 Å². The zero-order valence-electron chi connectivity index (χ0n) is 20.2. The Kier molecular flexibility index (Phi) is 6.81. The van der Waals surface area contributed by atoms with E-state index >= 15 is 0 Å². The van der Waals surface area contributed by atoms with Crippen LogP contribution in [-0.4, -0.2) is 42.9 Å². The monoisotopic (exact) mass is 502 g/mol. The molecule has 0 N–H and O–H groups in total. The van der Waals surface area contributed by atoms with E-state index in [0.717, 1.165) is 24.1 Å². The molecule has 6 nitrogen and oxygen atoms in total. The molecule has 1 aromatic heterocycles. The van der Waals surface area contributed by atoms with Crippen LogP contribution < -0.4 is 10.2 Å². The van der Waals surface area contributed by atoms with Crippen LogP contribution in [0.2, 0.25) is 5.02 Å². The van der Waals surface area contributed by atoms with Gasteiger partial charge in [0.2, 0.25) is 5.76 Å². The van der Waals surface area contributed by atoms with E-state index in [0.29, 0.717) is 40.5 Å². The van der Waals surface area contributed by atoms with Crippen molar-refractivity contribution in [1.82, 2.24) is 9.80 Å². The molecule has 0 saturated carbocycles. The molecule has 4 aromatic rings. The second-order valence-electron chi connectivity index (χ2n) is 9.22. The largest absolute Gasteiger partial charge is 0.489 e. The Labute approximate surface area is 214 Å². The van der Waals surface area contributed by atoms with Crippen LogP contribution >= 0.6 is 11.6 Å². The number of carbonyl (C=O) groups excluding carboxylic acids is 1. The second-order valence-corrected chi connectivity index (χ2v) is 9.65. The van der Waals surface area contributed by atoms with E-state index in [1.165, 1.54) is 0 Å². The molecule has 0 spiro atoms. The number of nitrogens with zero attached hydrogens (tertiary/aromatic N) is 2. The van der Waals surface area contributed by atoms with Gasteiger partial charge in [-0.3, -0.25) is 9.59 Å². The van der Waals surface area contributed by atoms with Gasteiger partial charge in [-0.05, 0) is 68.5 Å². The third kappa shape index (κ3) is 4.74. The van der Waals surface area contributed by atoms with E-state index in [1.807, 2.05) is 68.7 Å². The first-order chi connectivity index (χ1) is 17.4. The van der Waals surface area contributed by atoms with E-state index < -0.39 is 6.04 Å². The summed E-state index contributed by atoms with van der Waals surface area (Å²) in [6.45, 7) is 1.77. The Balaban J connectivity index is 1.50. The lowest BCUT2D eigenvalue weighted by Crippen LogP contribution is -2.32. The molecule has 3 aromatic carbocycles. The van der Waals surface area contributed by atoms with E-state index in [9.17, 15) is 9.59 Å². The minimum atomic E-state index is -0.544. The normalized spacial score (nSPS) is 15.1. The first kappa shape index (κ1) is 24.1. The summed E-state index contributed by atoms with van der Waals surface area (Å²) in [5, 5.41) is 0.815. The predicted octanol–water partition coefficient (Wildman–Crippen LogP) is 5.52. The van der Waals surface area contributed by atoms with Crippen LogP contribution in [0.15, 0.2) is 82.0 Å². The summed E-state index contributed by atoms with van der Waals surface area (Å²) in [7, 11) is 3.99. The number of carbonyl (C=O) groups is 1. The highest BCUT2D eigenvalue weighted by molar-refractivity contribution is 6.31. The van der Waals surface area contributed by atoms with Crippen LogP contribution in [0.4, 0.5) is 0 Å². The van der Waals surface area contributed by atoms with Crippen molar-refractivity contribution < 1.29 is 13.9 Å². The van der Waals surface area contributed by atoms with Crippen LogP contribution in [0.5, 0.6) is 5.75 Å². The van der Waals surface area contributed by atoms with E-state index in [4.69, 9.17) is 20.8 Å². The number of fused-ring (bicyclic) bond motifs is 2. The molecule has 1 aliphatic heterocycles. The molecule has 184 valence electrons. The van der Waals surface area contributed by atoms with Crippen molar-refractivity contribution in [2.24, 2.45) is 0 Å². The summed E-state index contributed by atoms with van der Waals surface area (Å²) < 4.78 is 11.9. The molecule has 0 radical (unpaired) electrons. The number of benzene rings is 3. The fraction of sp³-hybridized carbons (Fsp3) is 0.241. The van der Waals surface area contributed by atoms with Gasteiger partial charge < -0.3 is 19.0 Å². The van der Waals surface area contributed by atoms with Crippen LogP contribution in [0, 0.1) is 0 Å². The average Bonchev–Trinajstić information content (AvgIpc) is 3.16. The SMILES string of the molecule is CN(C)CCCN1C(=O)c2oc3ccc(Cl)cc3c(=O)c2C1c1ccc(OCc2ccccc2)cc1. The van der Waals surface area contributed by atoms with Crippen LogP contribution in [0.1, 0.15) is 39.7 Å². The van der Waals surface area contributed by atoms with Gasteiger partial charge in [-0.15, -0.1) is 0 Å². The average molecular weight is 503 g/mol. The minimum Gasteiger partial charge on any atom is -0.489 e. The molecule has 1 amide bonds. The summed E-state index contributed by atoms with van der Waals surface area (Å²) in [5.41, 5.74) is 2.39. The Morgan fingerprint density at radius 3 is 2.47 bits per heavy atom. The van der Waals surface area contributed by atoms with E-state index in [1.54, 1.807) is 23.1 Å². The maximum atomic E-state index is 13.6. The van der Waals surface area contributed by atoms with Gasteiger partial charge in [0.15, 0.2) is 5.43 Å². The van der Waals surface area contributed by atoms with Gasteiger partial charge >= 0.3 is 0 Å². The number of amides is 1. The Hall–Kier alpha value is -3.61. The van der Waals surface area contributed by atoms with Gasteiger partial charge in [0.1, 0.15) is 17.9 Å². The maximum absolute atomic E-state index is 13.6. The molecule has 0 fully saturated rings. The van der Waals surface area contributed by atoms with Gasteiger partial charge in [-0.25, -0.2) is 0 Å². The molecular formula is C29H27ClN2O4. The second kappa shape index (κ2) is 10.2. The first-order valence-corrected chi connectivity index (χ1v) is 12.3. The lowest BCUT2D eigenvalue weighted by Gasteiger charge is -2.26. The highest BCUT2D eigenvalue weighted by Crippen LogP contribution is 2.39. The van der Waals surface area contributed by atoms with Crippen molar-refractivity contribution in [3.63, 3.8) is 0 Å². The summed E-state index contributed by atoms with van der Waals surface area (Å²) in [5.74, 6) is 0.546. The van der Waals surface area contributed by atoms with Crippen molar-refractivity contribution in [2.45, 2.75) is 19.1 Å². The number of hydrogen-bond donors (Lipinski definition) is 0. The highest BCUT2D eigenvalue weighted by atomic mass is 35.5. The lowest BCUT2D eigenvalue weighted by atomic mass is 9.98. The highest BCUT2D eigenvalue weighted by Gasteiger charge is 2.42. The van der Waals surface area contributed by atoms with Crippen molar-refractivity contribution in [3.8, 4) is 5.75 Å². The molecular weight excluding hydrogens is 476 g/mol. The Bertz CT molecular complexity index is 1450. The Morgan fingerprint density at radius 2 is 1.75 bits per heavy atom. The van der Waals surface area contributed by atoms with Crippen LogP contribution in [0.3, 0.4) is 0 Å². The molecule has 5 rings (SSSR count). The summed E-state index contributed by atoms with van der Waals surface area (Å²) in [6.07, 6.45) is 0.765. The molecule has 1 atom stereocenters. The van der Waals surface area contributed by atoms with Gasteiger partial charge in [0.25, 0.3) is 5.91 Å². The summed E-state index contributed by atoms with van der Waals surface area (Å²) in [6, 6.07) is 21.8. The molecule has 1 aliphatic rings. The standard InChI is InChI=1S/C29H27ClN2O4/c1-31(2)15-6-16-32-26(20-9-12-22(13-10-20)35-18-19-7-4-3-5-8-19)25-27(33)23-17-21(30)11-14-24(23)36-28(25)29(32)34/h3-5,7-14,17,26H,6,15-16,18H2,1-2H3. The minimum absolute atomic E-state index is 0.106. The van der Waals surface area contributed by atoms with Crippen molar-refractivity contribution in [1.29, 1.82) is 0 Å². The molecule has 36 heavy (non-hydrogen) atoms. The molecule has 0 bridgehead atoms. The van der Waals surface area contributed by atoms with Crippen molar-refractivity contribution >= 4 is 28.5 Å². The van der Waals surface area contributed by atoms with Gasteiger partial charge in [0, 0.05) is 11.6 Å². The molecule has 0 aliphatic carbocycles. The lowest BCUT2D eigenvalue weighted by molar-refractivity contribution is 0.0722. The molecule has 2 heterocycles. The fourth-order valence-electron chi connectivity index (χ4n) is 4.61. The maximum Gasteiger partial charge on any atom is 0.290 e. The smallest absolute Gasteiger partial charge is 0.290 e.